The van der Waals surface area contributed by atoms with Crippen LogP contribution in [0.3, 0.4) is 0 Å². The minimum Gasteiger partial charge on any atom is -0.489 e. The van der Waals surface area contributed by atoms with Crippen molar-refractivity contribution < 1.29 is 14.3 Å². The van der Waals surface area contributed by atoms with Gasteiger partial charge in [0, 0.05) is 30.4 Å². The molecule has 1 fully saturated rings. The molecule has 0 radical (unpaired) electrons. The first-order chi connectivity index (χ1) is 15.6. The molecular weight excluding hydrogens is 400 g/mol. The number of nitrogens with zero attached hydrogens (tertiary/aromatic N) is 1. The van der Waals surface area contributed by atoms with E-state index in [1.165, 1.54) is 11.1 Å². The van der Waals surface area contributed by atoms with Crippen molar-refractivity contribution in [3.8, 4) is 5.75 Å². The molecule has 1 aliphatic rings. The Kier molecular flexibility index (Phi) is 7.20. The molecule has 5 heteroatoms. The lowest BCUT2D eigenvalue weighted by Crippen LogP contribution is -2.38. The van der Waals surface area contributed by atoms with E-state index in [0.29, 0.717) is 17.9 Å². The third-order valence-corrected chi connectivity index (χ3v) is 5.80. The van der Waals surface area contributed by atoms with Gasteiger partial charge in [-0.3, -0.25) is 9.69 Å². The molecule has 32 heavy (non-hydrogen) atoms. The summed E-state index contributed by atoms with van der Waals surface area (Å²) in [6.07, 6.45) is 0. The van der Waals surface area contributed by atoms with Gasteiger partial charge >= 0.3 is 0 Å². The zero-order chi connectivity index (χ0) is 22.3. The first kappa shape index (κ1) is 22.1. The Morgan fingerprint density at radius 2 is 1.81 bits per heavy atom. The number of aryl methyl sites for hydroxylation is 1. The van der Waals surface area contributed by atoms with Crippen LogP contribution in [0.15, 0.2) is 72.8 Å². The van der Waals surface area contributed by atoms with Crippen LogP contribution in [0.25, 0.3) is 0 Å². The van der Waals surface area contributed by atoms with Crippen LogP contribution < -0.4 is 10.1 Å². The lowest BCUT2D eigenvalue weighted by Gasteiger charge is -2.32. The number of morpholine rings is 1. The van der Waals surface area contributed by atoms with Gasteiger partial charge in [0.05, 0.1) is 13.2 Å². The molecule has 1 amide bonds. The number of amides is 1. The number of rotatable bonds is 7. The number of hydrogen-bond donors (Lipinski definition) is 1. The van der Waals surface area contributed by atoms with Crippen molar-refractivity contribution in [2.45, 2.75) is 26.5 Å². The standard InChI is InChI=1S/C27H30N2O3/c1-20-6-3-7-22(16-20)19-32-26-11-5-9-24(18-26)27(30)28-25-10-4-8-23(17-25)21(2)29-12-14-31-15-13-29/h3-11,16-18,21H,12-15,19H2,1-2H3,(H,28,30). The normalized spacial score (nSPS) is 15.2. The molecule has 0 aromatic heterocycles. The molecule has 1 N–H and O–H groups in total. The topological polar surface area (TPSA) is 50.8 Å². The highest BCUT2D eigenvalue weighted by atomic mass is 16.5. The Labute approximate surface area is 190 Å². The number of benzene rings is 3. The quantitative estimate of drug-likeness (QED) is 0.558. The third kappa shape index (κ3) is 5.75. The van der Waals surface area contributed by atoms with E-state index in [1.54, 1.807) is 12.1 Å². The molecule has 1 atom stereocenters. The summed E-state index contributed by atoms with van der Waals surface area (Å²) in [4.78, 5) is 15.3. The Morgan fingerprint density at radius 1 is 1.03 bits per heavy atom. The van der Waals surface area contributed by atoms with Gasteiger partial charge in [0.25, 0.3) is 5.91 Å². The second-order valence-corrected chi connectivity index (χ2v) is 8.21. The average Bonchev–Trinajstić information content (AvgIpc) is 2.83. The van der Waals surface area contributed by atoms with Crippen molar-refractivity contribution >= 4 is 11.6 Å². The average molecular weight is 431 g/mol. The molecule has 4 rings (SSSR count). The van der Waals surface area contributed by atoms with E-state index in [1.807, 2.05) is 36.4 Å². The van der Waals surface area contributed by atoms with Gasteiger partial charge in [-0.15, -0.1) is 0 Å². The van der Waals surface area contributed by atoms with Crippen LogP contribution in [0.5, 0.6) is 5.75 Å². The number of carbonyl (C=O) groups excluding carboxylic acids is 1. The molecule has 5 nitrogen and oxygen atoms in total. The summed E-state index contributed by atoms with van der Waals surface area (Å²) in [6.45, 7) is 8.10. The summed E-state index contributed by atoms with van der Waals surface area (Å²) in [5.41, 5.74) is 4.84. The third-order valence-electron chi connectivity index (χ3n) is 5.80. The zero-order valence-electron chi connectivity index (χ0n) is 18.7. The van der Waals surface area contributed by atoms with Crippen molar-refractivity contribution in [1.29, 1.82) is 0 Å². The van der Waals surface area contributed by atoms with E-state index in [9.17, 15) is 4.79 Å². The monoisotopic (exact) mass is 430 g/mol. The van der Waals surface area contributed by atoms with Crippen molar-refractivity contribution in [3.63, 3.8) is 0 Å². The van der Waals surface area contributed by atoms with Crippen LogP contribution >= 0.6 is 0 Å². The number of nitrogens with one attached hydrogen (secondary N) is 1. The van der Waals surface area contributed by atoms with Crippen LogP contribution in [0.2, 0.25) is 0 Å². The fourth-order valence-electron chi connectivity index (χ4n) is 3.95. The lowest BCUT2D eigenvalue weighted by molar-refractivity contribution is 0.0199. The van der Waals surface area contributed by atoms with Crippen LogP contribution in [0.4, 0.5) is 5.69 Å². The zero-order valence-corrected chi connectivity index (χ0v) is 18.7. The molecule has 3 aromatic rings. The van der Waals surface area contributed by atoms with Gasteiger partial charge in [0.15, 0.2) is 0 Å². The van der Waals surface area contributed by atoms with Gasteiger partial charge in [-0.25, -0.2) is 0 Å². The van der Waals surface area contributed by atoms with E-state index in [2.05, 4.69) is 48.3 Å². The summed E-state index contributed by atoms with van der Waals surface area (Å²) < 4.78 is 11.4. The highest BCUT2D eigenvalue weighted by Crippen LogP contribution is 2.24. The van der Waals surface area contributed by atoms with Crippen LogP contribution in [0, 0.1) is 6.92 Å². The van der Waals surface area contributed by atoms with Crippen molar-refractivity contribution in [2.24, 2.45) is 0 Å². The van der Waals surface area contributed by atoms with Gasteiger partial charge in [-0.2, -0.15) is 0 Å². The van der Waals surface area contributed by atoms with Crippen molar-refractivity contribution in [3.05, 3.63) is 95.1 Å². The minimum atomic E-state index is -0.151. The molecule has 1 saturated heterocycles. The molecule has 166 valence electrons. The first-order valence-electron chi connectivity index (χ1n) is 11.1. The molecule has 0 spiro atoms. The predicted molar refractivity (Wildman–Crippen MR) is 127 cm³/mol. The number of hydrogen-bond acceptors (Lipinski definition) is 4. The van der Waals surface area contributed by atoms with E-state index in [4.69, 9.17) is 9.47 Å². The van der Waals surface area contributed by atoms with Gasteiger partial charge in [-0.05, 0) is 55.3 Å². The summed E-state index contributed by atoms with van der Waals surface area (Å²) in [5, 5.41) is 3.03. The summed E-state index contributed by atoms with van der Waals surface area (Å²) >= 11 is 0. The second kappa shape index (κ2) is 10.4. The molecule has 1 heterocycles. The fourth-order valence-corrected chi connectivity index (χ4v) is 3.95. The van der Waals surface area contributed by atoms with E-state index in [-0.39, 0.29) is 11.9 Å². The van der Waals surface area contributed by atoms with Crippen LogP contribution in [0.1, 0.15) is 40.0 Å². The summed E-state index contributed by atoms with van der Waals surface area (Å²) in [6, 6.07) is 23.9. The van der Waals surface area contributed by atoms with Gasteiger partial charge in [0.2, 0.25) is 0 Å². The number of anilines is 1. The molecular formula is C27H30N2O3. The van der Waals surface area contributed by atoms with Gasteiger partial charge in [-0.1, -0.05) is 48.0 Å². The molecule has 0 bridgehead atoms. The van der Waals surface area contributed by atoms with Gasteiger partial charge < -0.3 is 14.8 Å². The second-order valence-electron chi connectivity index (χ2n) is 8.21. The SMILES string of the molecule is Cc1cccc(COc2cccc(C(=O)Nc3cccc(C(C)N4CCOCC4)c3)c2)c1. The Bertz CT molecular complexity index is 1060. The highest BCUT2D eigenvalue weighted by molar-refractivity contribution is 6.04. The highest BCUT2D eigenvalue weighted by Gasteiger charge is 2.19. The van der Waals surface area contributed by atoms with Crippen molar-refractivity contribution in [1.82, 2.24) is 4.90 Å². The lowest BCUT2D eigenvalue weighted by atomic mass is 10.1. The maximum atomic E-state index is 12.9. The number of carbonyl (C=O) groups is 1. The Balaban J connectivity index is 1.40. The predicted octanol–water partition coefficient (Wildman–Crippen LogP) is 5.22. The molecule has 0 saturated carbocycles. The molecule has 0 aliphatic carbocycles. The summed E-state index contributed by atoms with van der Waals surface area (Å²) in [5.74, 6) is 0.524. The maximum Gasteiger partial charge on any atom is 0.255 e. The Morgan fingerprint density at radius 3 is 2.62 bits per heavy atom. The van der Waals surface area contributed by atoms with E-state index >= 15 is 0 Å². The number of ether oxygens (including phenoxy) is 2. The van der Waals surface area contributed by atoms with E-state index < -0.39 is 0 Å². The maximum absolute atomic E-state index is 12.9. The van der Waals surface area contributed by atoms with Crippen molar-refractivity contribution in [2.75, 3.05) is 31.6 Å². The van der Waals surface area contributed by atoms with Crippen LogP contribution in [-0.4, -0.2) is 37.1 Å². The van der Waals surface area contributed by atoms with Gasteiger partial charge in [0.1, 0.15) is 12.4 Å². The first-order valence-corrected chi connectivity index (χ1v) is 11.1. The van der Waals surface area contributed by atoms with Crippen LogP contribution in [-0.2, 0) is 11.3 Å². The molecule has 1 aliphatic heterocycles. The largest absolute Gasteiger partial charge is 0.489 e. The minimum absolute atomic E-state index is 0.151. The van der Waals surface area contributed by atoms with E-state index in [0.717, 1.165) is 37.6 Å². The summed E-state index contributed by atoms with van der Waals surface area (Å²) in [7, 11) is 0. The molecule has 1 unspecified atom stereocenters. The molecule has 3 aromatic carbocycles. The Hall–Kier alpha value is -3.15. The fraction of sp³-hybridized carbons (Fsp3) is 0.296. The smallest absolute Gasteiger partial charge is 0.255 e.